The highest BCUT2D eigenvalue weighted by atomic mass is 16.2. The second-order valence-electron chi connectivity index (χ2n) is 7.37. The third-order valence-electron chi connectivity index (χ3n) is 5.86. The van der Waals surface area contributed by atoms with Crippen LogP contribution in [0.5, 0.6) is 0 Å². The first-order chi connectivity index (χ1) is 12.0. The minimum Gasteiger partial charge on any atom is -0.337 e. The van der Waals surface area contributed by atoms with E-state index >= 15 is 0 Å². The largest absolute Gasteiger partial charge is 0.337 e. The van der Waals surface area contributed by atoms with Gasteiger partial charge in [-0.1, -0.05) is 13.0 Å². The fourth-order valence-electron chi connectivity index (χ4n) is 4.11. The molecular formula is C21H31N3O. The van der Waals surface area contributed by atoms with E-state index < -0.39 is 0 Å². The Morgan fingerprint density at radius 1 is 1.24 bits per heavy atom. The molecule has 4 heteroatoms. The van der Waals surface area contributed by atoms with Crippen molar-refractivity contribution in [1.82, 2.24) is 14.4 Å². The van der Waals surface area contributed by atoms with Crippen molar-refractivity contribution in [3.8, 4) is 0 Å². The molecule has 1 amide bonds. The zero-order valence-corrected chi connectivity index (χ0v) is 16.3. The van der Waals surface area contributed by atoms with Gasteiger partial charge in [-0.3, -0.25) is 4.79 Å². The maximum Gasteiger partial charge on any atom is 0.270 e. The Morgan fingerprint density at radius 3 is 2.52 bits per heavy atom. The molecule has 0 bridgehead atoms. The monoisotopic (exact) mass is 341 g/mol. The summed E-state index contributed by atoms with van der Waals surface area (Å²) in [5, 5.41) is 1.22. The molecule has 1 fully saturated rings. The number of piperidine rings is 1. The Kier molecular flexibility index (Phi) is 5.19. The van der Waals surface area contributed by atoms with Crippen molar-refractivity contribution in [2.24, 2.45) is 0 Å². The molecule has 25 heavy (non-hydrogen) atoms. The van der Waals surface area contributed by atoms with Crippen LogP contribution >= 0.6 is 0 Å². The van der Waals surface area contributed by atoms with Gasteiger partial charge in [0.15, 0.2) is 0 Å². The van der Waals surface area contributed by atoms with E-state index in [1.165, 1.54) is 16.5 Å². The lowest BCUT2D eigenvalue weighted by Crippen LogP contribution is -2.45. The highest BCUT2D eigenvalue weighted by Crippen LogP contribution is 2.29. The number of carbonyl (C=O) groups excluding carboxylic acids is 1. The summed E-state index contributed by atoms with van der Waals surface area (Å²) in [6.07, 6.45) is 3.14. The normalized spacial score (nSPS) is 16.5. The van der Waals surface area contributed by atoms with E-state index in [0.29, 0.717) is 6.04 Å². The molecule has 0 atom stereocenters. The van der Waals surface area contributed by atoms with Crippen molar-refractivity contribution in [3.63, 3.8) is 0 Å². The predicted octanol–water partition coefficient (Wildman–Crippen LogP) is 3.70. The molecule has 136 valence electrons. The molecule has 0 unspecified atom stereocenters. The van der Waals surface area contributed by atoms with Gasteiger partial charge in [0, 0.05) is 30.5 Å². The van der Waals surface area contributed by atoms with Crippen molar-refractivity contribution in [2.45, 2.75) is 52.6 Å². The second-order valence-corrected chi connectivity index (χ2v) is 7.37. The van der Waals surface area contributed by atoms with Gasteiger partial charge >= 0.3 is 0 Å². The van der Waals surface area contributed by atoms with Crippen LogP contribution in [0.1, 0.15) is 48.3 Å². The predicted molar refractivity (Wildman–Crippen MR) is 104 cm³/mol. The van der Waals surface area contributed by atoms with Crippen molar-refractivity contribution in [3.05, 3.63) is 35.0 Å². The van der Waals surface area contributed by atoms with Crippen molar-refractivity contribution in [1.29, 1.82) is 0 Å². The van der Waals surface area contributed by atoms with Gasteiger partial charge in [0.1, 0.15) is 5.69 Å². The van der Waals surface area contributed by atoms with E-state index in [-0.39, 0.29) is 5.91 Å². The van der Waals surface area contributed by atoms with Gasteiger partial charge in [-0.2, -0.15) is 0 Å². The van der Waals surface area contributed by atoms with Crippen LogP contribution in [-0.2, 0) is 13.0 Å². The average molecular weight is 341 g/mol. The van der Waals surface area contributed by atoms with E-state index in [1.54, 1.807) is 0 Å². The number of amides is 1. The Hall–Kier alpha value is -1.81. The highest BCUT2D eigenvalue weighted by molar-refractivity contribution is 6.01. The van der Waals surface area contributed by atoms with Gasteiger partial charge in [-0.25, -0.2) is 0 Å². The Balaban J connectivity index is 1.99. The fourth-order valence-corrected chi connectivity index (χ4v) is 4.11. The molecule has 3 rings (SSSR count). The Bertz CT molecular complexity index is 769. The van der Waals surface area contributed by atoms with Gasteiger partial charge in [-0.15, -0.1) is 0 Å². The van der Waals surface area contributed by atoms with Gasteiger partial charge in [0.25, 0.3) is 5.91 Å². The molecule has 0 aliphatic carbocycles. The van der Waals surface area contributed by atoms with Crippen molar-refractivity contribution < 1.29 is 4.79 Å². The number of nitrogens with zero attached hydrogens (tertiary/aromatic N) is 3. The lowest BCUT2D eigenvalue weighted by Gasteiger charge is -2.35. The summed E-state index contributed by atoms with van der Waals surface area (Å²) in [5.41, 5.74) is 4.49. The fraction of sp³-hybridized carbons (Fsp3) is 0.571. The Morgan fingerprint density at radius 2 is 1.92 bits per heavy atom. The van der Waals surface area contributed by atoms with E-state index in [4.69, 9.17) is 0 Å². The minimum absolute atomic E-state index is 0.170. The average Bonchev–Trinajstić information content (AvgIpc) is 2.92. The highest BCUT2D eigenvalue weighted by Gasteiger charge is 2.28. The van der Waals surface area contributed by atoms with Gasteiger partial charge in [0.2, 0.25) is 0 Å². The molecule has 0 spiro atoms. The molecule has 1 aromatic carbocycles. The first-order valence-corrected chi connectivity index (χ1v) is 9.55. The van der Waals surface area contributed by atoms with Crippen LogP contribution in [0.25, 0.3) is 10.9 Å². The van der Waals surface area contributed by atoms with Crippen molar-refractivity contribution in [2.75, 3.05) is 27.2 Å². The number of aryl methyl sites for hydroxylation is 3. The third-order valence-corrected chi connectivity index (χ3v) is 5.86. The molecule has 2 aromatic rings. The van der Waals surface area contributed by atoms with Crippen molar-refractivity contribution >= 4 is 16.8 Å². The number of hydrogen-bond donors (Lipinski definition) is 0. The standard InChI is InChI=1S/C21H31N3O/c1-6-16-8-9-19-18(14-16)15(3)20(24(19)7-2)21(25)23(5)17-10-12-22(4)13-11-17/h8-9,14,17H,6-7,10-13H2,1-5H3. The van der Waals surface area contributed by atoms with Crippen LogP contribution in [0.2, 0.25) is 0 Å². The number of carbonyl (C=O) groups is 1. The lowest BCUT2D eigenvalue weighted by atomic mass is 10.0. The van der Waals surface area contributed by atoms with E-state index in [0.717, 1.165) is 50.2 Å². The molecule has 0 N–H and O–H groups in total. The minimum atomic E-state index is 0.170. The van der Waals surface area contributed by atoms with Gasteiger partial charge in [-0.05, 0) is 76.5 Å². The molecule has 0 saturated carbocycles. The lowest BCUT2D eigenvalue weighted by molar-refractivity contribution is 0.0649. The van der Waals surface area contributed by atoms with E-state index in [9.17, 15) is 4.79 Å². The number of aromatic nitrogens is 1. The second kappa shape index (κ2) is 7.20. The first-order valence-electron chi connectivity index (χ1n) is 9.55. The molecule has 2 heterocycles. The summed E-state index contributed by atoms with van der Waals surface area (Å²) in [6.45, 7) is 9.35. The molecule has 0 radical (unpaired) electrons. The number of hydrogen-bond acceptors (Lipinski definition) is 2. The first kappa shape index (κ1) is 18.0. The summed E-state index contributed by atoms with van der Waals surface area (Å²) in [6, 6.07) is 6.96. The summed E-state index contributed by atoms with van der Waals surface area (Å²) in [5.74, 6) is 0.170. The number of likely N-dealkylation sites (tertiary alicyclic amines) is 1. The van der Waals surface area contributed by atoms with Crippen LogP contribution in [0.4, 0.5) is 0 Å². The molecule has 1 aliphatic heterocycles. The van der Waals surface area contributed by atoms with Crippen LogP contribution < -0.4 is 0 Å². The summed E-state index contributed by atoms with van der Waals surface area (Å²) in [4.78, 5) is 17.7. The zero-order valence-electron chi connectivity index (χ0n) is 16.3. The van der Waals surface area contributed by atoms with Gasteiger partial charge < -0.3 is 14.4 Å². The summed E-state index contributed by atoms with van der Waals surface area (Å²) in [7, 11) is 4.13. The molecular weight excluding hydrogens is 310 g/mol. The zero-order chi connectivity index (χ0) is 18.1. The molecule has 1 aliphatic rings. The summed E-state index contributed by atoms with van der Waals surface area (Å²) < 4.78 is 2.19. The molecule has 1 saturated heterocycles. The number of rotatable bonds is 4. The van der Waals surface area contributed by atoms with Crippen LogP contribution in [-0.4, -0.2) is 53.5 Å². The number of benzene rings is 1. The quantitative estimate of drug-likeness (QED) is 0.848. The molecule has 1 aromatic heterocycles. The Labute approximate surface area is 151 Å². The van der Waals surface area contributed by atoms with Crippen LogP contribution in [0, 0.1) is 6.92 Å². The number of fused-ring (bicyclic) bond motifs is 1. The smallest absolute Gasteiger partial charge is 0.270 e. The van der Waals surface area contributed by atoms with E-state index in [1.807, 2.05) is 11.9 Å². The van der Waals surface area contributed by atoms with Crippen LogP contribution in [0.15, 0.2) is 18.2 Å². The van der Waals surface area contributed by atoms with Gasteiger partial charge in [0.05, 0.1) is 0 Å². The molecule has 4 nitrogen and oxygen atoms in total. The van der Waals surface area contributed by atoms with Crippen LogP contribution in [0.3, 0.4) is 0 Å². The third kappa shape index (κ3) is 3.20. The maximum absolute atomic E-state index is 13.3. The summed E-state index contributed by atoms with van der Waals surface area (Å²) >= 11 is 0. The maximum atomic E-state index is 13.3. The van der Waals surface area contributed by atoms with E-state index in [2.05, 4.69) is 55.5 Å². The topological polar surface area (TPSA) is 28.5 Å². The SMILES string of the molecule is CCc1ccc2c(c1)c(C)c(C(=O)N(C)C1CCN(C)CC1)n2CC.